The number of pyridine rings is 1. The molecule has 0 saturated carbocycles. The number of anilines is 2. The van der Waals surface area contributed by atoms with Crippen LogP contribution in [0.5, 0.6) is 5.75 Å². The number of hydrogen-bond acceptors (Lipinski definition) is 8. The molecule has 0 amide bonds. The zero-order valence-electron chi connectivity index (χ0n) is 21.4. The molecule has 0 radical (unpaired) electrons. The maximum Gasteiger partial charge on any atom is 0.130 e. The number of aliphatic hydroxyl groups is 1. The Balaban J connectivity index is 1.28. The molecule has 37 heavy (non-hydrogen) atoms. The summed E-state index contributed by atoms with van der Waals surface area (Å²) in [7, 11) is 2.16. The number of ether oxygens (including phenoxy) is 1. The third-order valence-corrected chi connectivity index (χ3v) is 8.50. The average molecular weight is 517 g/mol. The first-order chi connectivity index (χ1) is 18.0. The Bertz CT molecular complexity index is 1420. The number of nitrogens with one attached hydrogen (secondary N) is 2. The first-order valence-electron chi connectivity index (χ1n) is 12.7. The first kappa shape index (κ1) is 24.0. The second kappa shape index (κ2) is 9.81. The minimum Gasteiger partial charge on any atom is -0.487 e. The monoisotopic (exact) mass is 516 g/mol. The summed E-state index contributed by atoms with van der Waals surface area (Å²) in [4.78, 5) is 7.99. The topological polar surface area (TPSA) is 87.5 Å². The van der Waals surface area contributed by atoms with Crippen molar-refractivity contribution >= 4 is 22.0 Å². The molecule has 1 aliphatic carbocycles. The Labute approximate surface area is 220 Å². The van der Waals surface area contributed by atoms with Crippen LogP contribution in [0.15, 0.2) is 48.8 Å². The second-order valence-corrected chi connectivity index (χ2v) is 10.8. The molecule has 0 fully saturated rings. The molecule has 8 nitrogen and oxygen atoms in total. The minimum absolute atomic E-state index is 0.0416. The summed E-state index contributed by atoms with van der Waals surface area (Å²) >= 11 is 1.82. The Kier molecular flexibility index (Phi) is 6.36. The molecule has 9 heteroatoms. The lowest BCUT2D eigenvalue weighted by Gasteiger charge is -2.40. The second-order valence-electron chi connectivity index (χ2n) is 9.75. The van der Waals surface area contributed by atoms with Crippen molar-refractivity contribution in [2.24, 2.45) is 0 Å². The lowest BCUT2D eigenvalue weighted by Crippen LogP contribution is -2.45. The van der Waals surface area contributed by atoms with Gasteiger partial charge in [0.15, 0.2) is 0 Å². The van der Waals surface area contributed by atoms with E-state index in [9.17, 15) is 5.11 Å². The lowest BCUT2D eigenvalue weighted by molar-refractivity contribution is 0.212. The number of thiophene rings is 1. The van der Waals surface area contributed by atoms with Crippen molar-refractivity contribution < 1.29 is 9.84 Å². The van der Waals surface area contributed by atoms with E-state index in [1.165, 1.54) is 26.6 Å². The summed E-state index contributed by atoms with van der Waals surface area (Å²) < 4.78 is 7.92. The molecule has 2 aliphatic rings. The maximum atomic E-state index is 9.37. The van der Waals surface area contributed by atoms with Gasteiger partial charge in [-0.2, -0.15) is 5.10 Å². The van der Waals surface area contributed by atoms with E-state index in [0.717, 1.165) is 41.2 Å². The number of nitrogens with zero attached hydrogens (tertiary/aromatic N) is 4. The Morgan fingerprint density at radius 2 is 2.14 bits per heavy atom. The van der Waals surface area contributed by atoms with Crippen molar-refractivity contribution in [3.05, 3.63) is 76.9 Å². The molecule has 3 aromatic heterocycles. The van der Waals surface area contributed by atoms with Crippen molar-refractivity contribution in [3.63, 3.8) is 0 Å². The summed E-state index contributed by atoms with van der Waals surface area (Å²) in [5, 5.41) is 22.8. The van der Waals surface area contributed by atoms with Crippen LogP contribution in [0.3, 0.4) is 0 Å². The largest absolute Gasteiger partial charge is 0.487 e. The average Bonchev–Trinajstić information content (AvgIpc) is 3.47. The van der Waals surface area contributed by atoms with Gasteiger partial charge in [-0.1, -0.05) is 6.07 Å². The SMILES string of the molecule is Cc1cc(NC2c3c(sc4c3CCc3nn(CCO)cc3-4)NC(C)N2C)ccc1OCc1ccccn1. The van der Waals surface area contributed by atoms with Crippen LogP contribution < -0.4 is 15.4 Å². The number of benzene rings is 1. The smallest absolute Gasteiger partial charge is 0.130 e. The summed E-state index contributed by atoms with van der Waals surface area (Å²) in [6.07, 6.45) is 5.98. The molecule has 0 bridgehead atoms. The van der Waals surface area contributed by atoms with Crippen LogP contribution in [-0.2, 0) is 26.0 Å². The molecule has 4 aromatic rings. The van der Waals surface area contributed by atoms with E-state index < -0.39 is 0 Å². The van der Waals surface area contributed by atoms with E-state index in [2.05, 4.69) is 59.7 Å². The Morgan fingerprint density at radius 3 is 2.92 bits per heavy atom. The number of hydrogen-bond donors (Lipinski definition) is 3. The fraction of sp³-hybridized carbons (Fsp3) is 0.357. The predicted molar refractivity (Wildman–Crippen MR) is 147 cm³/mol. The quantitative estimate of drug-likeness (QED) is 0.325. The summed E-state index contributed by atoms with van der Waals surface area (Å²) in [6, 6.07) is 12.1. The van der Waals surface area contributed by atoms with E-state index in [4.69, 9.17) is 9.84 Å². The zero-order valence-corrected chi connectivity index (χ0v) is 22.2. The third-order valence-electron chi connectivity index (χ3n) is 7.28. The highest BCUT2D eigenvalue weighted by Crippen LogP contribution is 2.50. The van der Waals surface area contributed by atoms with Gasteiger partial charge in [0, 0.05) is 34.1 Å². The van der Waals surface area contributed by atoms with Gasteiger partial charge in [0.25, 0.3) is 0 Å². The fourth-order valence-electron chi connectivity index (χ4n) is 5.22. The van der Waals surface area contributed by atoms with E-state index in [1.54, 1.807) is 6.20 Å². The van der Waals surface area contributed by atoms with E-state index in [-0.39, 0.29) is 18.9 Å². The molecule has 6 rings (SSSR count). The van der Waals surface area contributed by atoms with Crippen LogP contribution in [0.1, 0.15) is 41.2 Å². The maximum absolute atomic E-state index is 9.37. The van der Waals surface area contributed by atoms with Crippen LogP contribution in [-0.4, -0.2) is 44.6 Å². The van der Waals surface area contributed by atoms with Crippen LogP contribution in [0, 0.1) is 6.92 Å². The molecular formula is C28H32N6O2S. The highest BCUT2D eigenvalue weighted by Gasteiger charge is 2.37. The van der Waals surface area contributed by atoms with Gasteiger partial charge in [-0.05, 0) is 75.2 Å². The fourth-order valence-corrected chi connectivity index (χ4v) is 6.62. The number of aromatic nitrogens is 3. The predicted octanol–water partition coefficient (Wildman–Crippen LogP) is 4.80. The van der Waals surface area contributed by atoms with Crippen LogP contribution in [0.25, 0.3) is 10.4 Å². The Hall–Kier alpha value is -3.40. The molecular weight excluding hydrogens is 484 g/mol. The van der Waals surface area contributed by atoms with Gasteiger partial charge in [-0.15, -0.1) is 11.3 Å². The lowest BCUT2D eigenvalue weighted by atomic mass is 9.92. The normalized spacial score (nSPS) is 18.5. The van der Waals surface area contributed by atoms with Crippen molar-refractivity contribution in [1.82, 2.24) is 19.7 Å². The number of aryl methyl sites for hydroxylation is 2. The molecule has 2 atom stereocenters. The third kappa shape index (κ3) is 4.47. The summed E-state index contributed by atoms with van der Waals surface area (Å²) in [5.74, 6) is 0.865. The van der Waals surface area contributed by atoms with Crippen LogP contribution >= 0.6 is 11.3 Å². The summed E-state index contributed by atoms with van der Waals surface area (Å²) in [6.45, 7) is 5.34. The number of fused-ring (bicyclic) bond motifs is 5. The van der Waals surface area contributed by atoms with Crippen molar-refractivity contribution in [2.75, 3.05) is 24.3 Å². The van der Waals surface area contributed by atoms with Crippen LogP contribution in [0.2, 0.25) is 0 Å². The van der Waals surface area contributed by atoms with Crippen LogP contribution in [0.4, 0.5) is 10.7 Å². The molecule has 0 saturated heterocycles. The molecule has 192 valence electrons. The van der Waals surface area contributed by atoms with E-state index >= 15 is 0 Å². The van der Waals surface area contributed by atoms with Gasteiger partial charge in [0.05, 0.1) is 35.7 Å². The number of rotatable bonds is 7. The van der Waals surface area contributed by atoms with Crippen molar-refractivity contribution in [3.8, 4) is 16.2 Å². The summed E-state index contributed by atoms with van der Waals surface area (Å²) in [5.41, 5.74) is 8.11. The molecule has 4 heterocycles. The molecule has 2 unspecified atom stereocenters. The van der Waals surface area contributed by atoms with Gasteiger partial charge in [-0.3, -0.25) is 14.6 Å². The van der Waals surface area contributed by atoms with Gasteiger partial charge in [0.1, 0.15) is 18.5 Å². The zero-order chi connectivity index (χ0) is 25.5. The Morgan fingerprint density at radius 1 is 1.24 bits per heavy atom. The first-order valence-corrected chi connectivity index (χ1v) is 13.5. The van der Waals surface area contributed by atoms with E-state index in [0.29, 0.717) is 13.2 Å². The van der Waals surface area contributed by atoms with Gasteiger partial charge >= 0.3 is 0 Å². The van der Waals surface area contributed by atoms with Crippen molar-refractivity contribution in [1.29, 1.82) is 0 Å². The standard InChI is InChI=1S/C28H32N6O2S/c1-17-14-19(7-10-24(17)36-16-20-6-4-5-11-29-20)31-27-25-21-8-9-23-22(15-34(32-23)12-13-35)26(21)37-28(25)30-18(2)33(27)3/h4-7,10-11,14-15,18,27,30-31,35H,8-9,12-13,16H2,1-3H3. The molecule has 1 aromatic carbocycles. The highest BCUT2D eigenvalue weighted by molar-refractivity contribution is 7.20. The molecule has 3 N–H and O–H groups in total. The molecule has 0 spiro atoms. The van der Waals surface area contributed by atoms with Gasteiger partial charge in [-0.25, -0.2) is 0 Å². The van der Waals surface area contributed by atoms with E-state index in [1.807, 2.05) is 40.3 Å². The highest BCUT2D eigenvalue weighted by atomic mass is 32.1. The minimum atomic E-state index is 0.0416. The van der Waals surface area contributed by atoms with Crippen molar-refractivity contribution in [2.45, 2.75) is 52.2 Å². The van der Waals surface area contributed by atoms with Gasteiger partial charge < -0.3 is 20.5 Å². The van der Waals surface area contributed by atoms with Gasteiger partial charge in [0.2, 0.25) is 0 Å². The molecule has 1 aliphatic heterocycles. The number of aliphatic hydroxyl groups excluding tert-OH is 1.